The van der Waals surface area contributed by atoms with E-state index in [9.17, 15) is 19.6 Å². The van der Waals surface area contributed by atoms with Crippen molar-refractivity contribution in [2.45, 2.75) is 220 Å². The fraction of sp³-hybridized carbons (Fsp3) is 0.500. The highest BCUT2D eigenvalue weighted by atomic mass is 31.2. The lowest BCUT2D eigenvalue weighted by atomic mass is 9.48. The van der Waals surface area contributed by atoms with Crippen molar-refractivity contribution in [1.82, 2.24) is 0 Å². The maximum Gasteiger partial charge on any atom is 0.352 e. The van der Waals surface area contributed by atoms with E-state index in [1.54, 1.807) is 6.07 Å². The fourth-order valence-electron chi connectivity index (χ4n) is 12.2. The van der Waals surface area contributed by atoms with E-state index in [2.05, 4.69) is 227 Å². The molecular weight excluding hydrogens is 975 g/mol. The molecule has 0 saturated carbocycles. The van der Waals surface area contributed by atoms with Crippen molar-refractivity contribution in [3.63, 3.8) is 0 Å². The molecule has 0 radical (unpaired) electrons. The Labute approximate surface area is 458 Å². The fourth-order valence-corrected chi connectivity index (χ4v) is 15.7. The van der Waals surface area contributed by atoms with Gasteiger partial charge in [-0.2, -0.15) is 0 Å². The standard InChI is InChI=1S/C68H92O6P2/c1-59(2,3)41-29-33-47(51(37-41)63(13,14)15)56-58(48-34-30-42(60(4,5)6)38-52(48)64(16,17)18)68(75(69,70)71,76(72,73)74)57-46-28-26-25-27-45(46)55(57)67(56,49-35-31-43(61(7,8)9)39-53(49)65(19,20)21)50-36-32-44(62(10,11)12)40-54(50)66(22,23)24/h25-40H,1-24H3,(H2,69,70,71)(H2,72,73,74). The van der Waals surface area contributed by atoms with Crippen LogP contribution in [0.1, 0.15) is 244 Å². The van der Waals surface area contributed by atoms with Crippen LogP contribution in [0.15, 0.2) is 97.1 Å². The second-order valence-corrected chi connectivity index (χ2v) is 34.5. The summed E-state index contributed by atoms with van der Waals surface area (Å²) in [5.74, 6) is 0. The van der Waals surface area contributed by atoms with Crippen molar-refractivity contribution in [2.24, 2.45) is 0 Å². The maximum atomic E-state index is 16.0. The monoisotopic (exact) mass is 1070 g/mol. The summed E-state index contributed by atoms with van der Waals surface area (Å²) < 4.78 is 31.9. The molecule has 0 heterocycles. The van der Waals surface area contributed by atoms with E-state index >= 15 is 9.13 Å². The van der Waals surface area contributed by atoms with Gasteiger partial charge in [-0.3, -0.25) is 9.13 Å². The molecule has 0 bridgehead atoms. The third-order valence-corrected chi connectivity index (χ3v) is 20.5. The SMILES string of the molecule is CC(C)(C)c1ccc(C2=C(c3ccc(C(C)(C)C)cc3C(C)(C)C)C(P(=O)(O)O)(P(=O)(O)O)C3=C(c4ccccc43)C2(c2ccc(C(C)(C)C)cc2C(C)(C)C)c2ccc(C(C)(C)C)cc2C(C)(C)C)c(C(C)(C)C)c1. The van der Waals surface area contributed by atoms with E-state index in [0.29, 0.717) is 33.4 Å². The molecule has 2 aliphatic rings. The van der Waals surface area contributed by atoms with Crippen LogP contribution < -0.4 is 0 Å². The molecule has 0 aromatic heterocycles. The molecule has 7 rings (SSSR count). The quantitative estimate of drug-likeness (QED) is 0.126. The van der Waals surface area contributed by atoms with Gasteiger partial charge >= 0.3 is 15.2 Å². The van der Waals surface area contributed by atoms with Gasteiger partial charge < -0.3 is 19.6 Å². The van der Waals surface area contributed by atoms with Crippen molar-refractivity contribution in [2.75, 3.05) is 0 Å². The lowest BCUT2D eigenvalue weighted by Gasteiger charge is -2.58. The molecule has 0 aliphatic heterocycles. The smallest absolute Gasteiger partial charge is 0.323 e. The summed E-state index contributed by atoms with van der Waals surface area (Å²) >= 11 is 0. The zero-order valence-corrected chi connectivity index (χ0v) is 52.5. The van der Waals surface area contributed by atoms with Gasteiger partial charge in [0.1, 0.15) is 0 Å². The molecule has 5 aromatic carbocycles. The predicted octanol–water partition coefficient (Wildman–Crippen LogP) is 18.0. The summed E-state index contributed by atoms with van der Waals surface area (Å²) in [4.78, 5) is 48.5. The van der Waals surface area contributed by atoms with Crippen molar-refractivity contribution in [1.29, 1.82) is 0 Å². The zero-order valence-electron chi connectivity index (χ0n) is 50.7. The van der Waals surface area contributed by atoms with Crippen LogP contribution in [0.2, 0.25) is 0 Å². The highest BCUT2D eigenvalue weighted by molar-refractivity contribution is 7.74. The van der Waals surface area contributed by atoms with Crippen LogP contribution in [0.3, 0.4) is 0 Å². The van der Waals surface area contributed by atoms with Gasteiger partial charge in [0, 0.05) is 5.57 Å². The summed E-state index contributed by atoms with van der Waals surface area (Å²) in [5, 5.41) is 0. The van der Waals surface area contributed by atoms with E-state index in [1.807, 2.05) is 30.3 Å². The first-order chi connectivity index (χ1) is 34.1. The molecule has 0 saturated heterocycles. The first kappa shape index (κ1) is 59.5. The van der Waals surface area contributed by atoms with Gasteiger partial charge in [-0.15, -0.1) is 0 Å². The number of benzene rings is 5. The highest BCUT2D eigenvalue weighted by Gasteiger charge is 2.74. The Kier molecular flexibility index (Phi) is 14.3. The maximum absolute atomic E-state index is 16.0. The van der Waals surface area contributed by atoms with Crippen LogP contribution in [0, 0.1) is 0 Å². The van der Waals surface area contributed by atoms with Crippen LogP contribution in [0.4, 0.5) is 0 Å². The third kappa shape index (κ3) is 9.70. The molecule has 4 N–H and O–H groups in total. The average molecular weight is 1070 g/mol. The topological polar surface area (TPSA) is 115 Å². The lowest BCUT2D eigenvalue weighted by Crippen LogP contribution is -2.49. The van der Waals surface area contributed by atoms with E-state index in [0.717, 1.165) is 55.6 Å². The Balaban J connectivity index is 2.09. The van der Waals surface area contributed by atoms with E-state index < -0.39 is 47.2 Å². The predicted molar refractivity (Wildman–Crippen MR) is 323 cm³/mol. The molecule has 2 aliphatic carbocycles. The molecule has 6 nitrogen and oxygen atoms in total. The number of hydrogen-bond donors (Lipinski definition) is 4. The summed E-state index contributed by atoms with van der Waals surface area (Å²) in [6.45, 7) is 52.4. The summed E-state index contributed by atoms with van der Waals surface area (Å²) in [6.07, 6.45) is 0. The Morgan fingerprint density at radius 2 is 0.553 bits per heavy atom. The average Bonchev–Trinajstić information content (AvgIpc) is 3.23. The van der Waals surface area contributed by atoms with Crippen molar-refractivity contribution >= 4 is 37.5 Å². The normalized spacial score (nSPS) is 16.9. The van der Waals surface area contributed by atoms with E-state index in [4.69, 9.17) is 0 Å². The zero-order chi connectivity index (χ0) is 57.7. The van der Waals surface area contributed by atoms with Crippen LogP contribution >= 0.6 is 15.2 Å². The van der Waals surface area contributed by atoms with Gasteiger partial charge in [0.05, 0.1) is 5.41 Å². The van der Waals surface area contributed by atoms with Crippen molar-refractivity contribution in [3.8, 4) is 0 Å². The molecule has 0 unspecified atom stereocenters. The van der Waals surface area contributed by atoms with Crippen LogP contribution in [-0.4, -0.2) is 24.5 Å². The van der Waals surface area contributed by atoms with Gasteiger partial charge in [-0.05, 0) is 138 Å². The van der Waals surface area contributed by atoms with Gasteiger partial charge in [0.2, 0.25) is 4.90 Å². The highest BCUT2D eigenvalue weighted by Crippen LogP contribution is 2.86. The summed E-state index contributed by atoms with van der Waals surface area (Å²) in [5.41, 5.74) is 7.75. The van der Waals surface area contributed by atoms with E-state index in [-0.39, 0.29) is 32.8 Å². The Morgan fingerprint density at radius 3 is 0.842 bits per heavy atom. The first-order valence-corrected chi connectivity index (χ1v) is 30.6. The minimum absolute atomic E-state index is 0.00796. The number of rotatable bonds is 6. The number of fused-ring (bicyclic) bond motifs is 3. The summed E-state index contributed by atoms with van der Waals surface area (Å²) in [6, 6.07) is 33.7. The van der Waals surface area contributed by atoms with E-state index in [1.165, 1.54) is 0 Å². The molecule has 8 heteroatoms. The van der Waals surface area contributed by atoms with Gasteiger partial charge in [-0.1, -0.05) is 263 Å². The third-order valence-electron chi connectivity index (χ3n) is 16.4. The molecule has 410 valence electrons. The largest absolute Gasteiger partial charge is 0.352 e. The van der Waals surface area contributed by atoms with Crippen molar-refractivity contribution in [3.05, 3.63) is 175 Å². The lowest BCUT2D eigenvalue weighted by molar-refractivity contribution is 0.336. The molecule has 0 fully saturated rings. The van der Waals surface area contributed by atoms with Gasteiger partial charge in [-0.25, -0.2) is 0 Å². The number of allylic oxidation sites excluding steroid dienone is 4. The van der Waals surface area contributed by atoms with Crippen LogP contribution in [0.5, 0.6) is 0 Å². The Morgan fingerprint density at radius 1 is 0.303 bits per heavy atom. The molecule has 0 atom stereocenters. The summed E-state index contributed by atoms with van der Waals surface area (Å²) in [7, 11) is -12.1. The molecular formula is C68H92O6P2. The van der Waals surface area contributed by atoms with Crippen molar-refractivity contribution < 1.29 is 28.7 Å². The molecule has 76 heavy (non-hydrogen) atoms. The minimum atomic E-state index is -6.05. The molecule has 0 amide bonds. The molecule has 5 aromatic rings. The van der Waals surface area contributed by atoms with Gasteiger partial charge in [0.15, 0.2) is 0 Å². The first-order valence-electron chi connectivity index (χ1n) is 27.4. The second kappa shape index (κ2) is 18.2. The Hall–Kier alpha value is -4.12. The second-order valence-electron chi connectivity index (χ2n) is 30.6. The minimum Gasteiger partial charge on any atom is -0.323 e. The Bertz CT molecular complexity index is 3210. The molecule has 0 spiro atoms. The van der Waals surface area contributed by atoms with Crippen LogP contribution in [-0.2, 0) is 57.9 Å². The van der Waals surface area contributed by atoms with Gasteiger partial charge in [0.25, 0.3) is 0 Å². The number of hydrogen-bond acceptors (Lipinski definition) is 2. The van der Waals surface area contributed by atoms with Crippen LogP contribution in [0.25, 0.3) is 22.3 Å².